The van der Waals surface area contributed by atoms with Gasteiger partial charge < -0.3 is 4.74 Å². The number of allylic oxidation sites excluding steroid dienone is 7. The maximum absolute atomic E-state index is 8.49. The maximum Gasteiger partial charge on any atom is 0.335 e. The molecule has 0 amide bonds. The second-order valence-electron chi connectivity index (χ2n) is 15.2. The number of ether oxygens (including phenoxy) is 1. The van der Waals surface area contributed by atoms with Crippen molar-refractivity contribution < 1.29 is 38.0 Å². The summed E-state index contributed by atoms with van der Waals surface area (Å²) >= 11 is 0. The van der Waals surface area contributed by atoms with E-state index in [1.54, 1.807) is 0 Å². The lowest BCUT2D eigenvalue weighted by molar-refractivity contribution is -2.00. The highest BCUT2D eigenvalue weighted by Crippen LogP contribution is 2.40. The van der Waals surface area contributed by atoms with Gasteiger partial charge in [-0.3, -0.25) is 0 Å². The number of hydrogen-bond donors (Lipinski definition) is 0. The SMILES string of the molecule is Cc1ccc(/C(C=C2C=C(C(C)(C)C)OC(C(C)(C)C)=C2)=C\c2cc(C(C)(C)C)[o+]c(C(C)(C)C)c2)cc1.[O-][Cl+3]([O-])([O-])[O-]. The van der Waals surface area contributed by atoms with Gasteiger partial charge in [0.05, 0.1) is 10.8 Å². The second-order valence-corrected chi connectivity index (χ2v) is 16.0. The van der Waals surface area contributed by atoms with Gasteiger partial charge in [-0.25, -0.2) is 23.1 Å². The van der Waals surface area contributed by atoms with Crippen LogP contribution < -0.4 is 18.6 Å². The molecule has 6 nitrogen and oxygen atoms in total. The Bertz CT molecular complexity index is 1320. The Kier molecular flexibility index (Phi) is 11.1. The summed E-state index contributed by atoms with van der Waals surface area (Å²) < 4.78 is 46.8. The first-order chi connectivity index (χ1) is 19.2. The summed E-state index contributed by atoms with van der Waals surface area (Å²) in [6.45, 7) is 28.6. The Hall–Kier alpha value is -2.74. The molecule has 0 fully saturated rings. The van der Waals surface area contributed by atoms with E-state index in [1.807, 2.05) is 0 Å². The molecule has 7 heteroatoms. The van der Waals surface area contributed by atoms with Crippen LogP contribution in [0, 0.1) is 28.0 Å². The molecule has 1 aliphatic heterocycles. The summed E-state index contributed by atoms with van der Waals surface area (Å²) in [7, 11) is -4.94. The van der Waals surface area contributed by atoms with Crippen LogP contribution in [0.1, 0.15) is 111 Å². The van der Waals surface area contributed by atoms with Crippen LogP contribution in [0.3, 0.4) is 0 Å². The van der Waals surface area contributed by atoms with E-state index in [-0.39, 0.29) is 21.7 Å². The molecular formula is C36H49ClO6. The molecule has 0 unspecified atom stereocenters. The molecule has 1 aliphatic rings. The zero-order valence-electron chi connectivity index (χ0n) is 28.1. The van der Waals surface area contributed by atoms with Crippen LogP contribution in [-0.2, 0) is 15.6 Å². The summed E-state index contributed by atoms with van der Waals surface area (Å²) in [5.74, 6) is 3.96. The first-order valence-corrected chi connectivity index (χ1v) is 15.7. The van der Waals surface area contributed by atoms with Gasteiger partial charge in [0.15, 0.2) is 0 Å². The predicted molar refractivity (Wildman–Crippen MR) is 164 cm³/mol. The summed E-state index contributed by atoms with van der Waals surface area (Å²) in [5, 5.41) is 0. The van der Waals surface area contributed by atoms with Gasteiger partial charge >= 0.3 is 11.5 Å². The van der Waals surface area contributed by atoms with Gasteiger partial charge in [0.2, 0.25) is 0 Å². The van der Waals surface area contributed by atoms with Crippen LogP contribution in [0.25, 0.3) is 11.6 Å². The van der Waals surface area contributed by atoms with Gasteiger partial charge in [-0.05, 0) is 95.0 Å². The van der Waals surface area contributed by atoms with Gasteiger partial charge in [-0.1, -0.05) is 71.4 Å². The van der Waals surface area contributed by atoms with E-state index < -0.39 is 10.2 Å². The minimum Gasteiger partial charge on any atom is -0.465 e. The third kappa shape index (κ3) is 12.0. The average molecular weight is 613 g/mol. The van der Waals surface area contributed by atoms with Gasteiger partial charge in [0.25, 0.3) is 0 Å². The third-order valence-electron chi connectivity index (χ3n) is 6.62. The van der Waals surface area contributed by atoms with Crippen LogP contribution >= 0.6 is 0 Å². The standard InChI is InChI=1S/C36H49O2.ClHO4/c1-24-14-16-27(17-15-24)28(18-25-20-29(33(2,3)4)37-30(21-25)34(5,6)7)19-26-22-31(35(8,9)10)38-32(23-26)36(11,12)13;2-1(3,4)5/h14-23H,1-13H3;(H,2,3,4,5)/q+1;/p-1. The fourth-order valence-corrected chi connectivity index (χ4v) is 4.00. The molecule has 2 aromatic rings. The van der Waals surface area contributed by atoms with Crippen LogP contribution in [0.15, 0.2) is 76.1 Å². The molecule has 43 heavy (non-hydrogen) atoms. The van der Waals surface area contributed by atoms with Crippen molar-refractivity contribution >= 4 is 11.6 Å². The molecule has 0 atom stereocenters. The molecule has 0 spiro atoms. The van der Waals surface area contributed by atoms with Crippen LogP contribution in [-0.4, -0.2) is 0 Å². The van der Waals surface area contributed by atoms with E-state index in [0.717, 1.165) is 39.7 Å². The topological polar surface area (TPSA) is 113 Å². The fourth-order valence-electron chi connectivity index (χ4n) is 4.00. The van der Waals surface area contributed by atoms with Crippen molar-refractivity contribution in [1.82, 2.24) is 0 Å². The third-order valence-corrected chi connectivity index (χ3v) is 6.62. The average Bonchev–Trinajstić information content (AvgIpc) is 2.80. The smallest absolute Gasteiger partial charge is 0.335 e. The van der Waals surface area contributed by atoms with E-state index in [1.165, 1.54) is 11.1 Å². The quantitative estimate of drug-likeness (QED) is 0.389. The van der Waals surface area contributed by atoms with E-state index >= 15 is 0 Å². The van der Waals surface area contributed by atoms with Gasteiger partial charge in [-0.15, -0.1) is 10.2 Å². The van der Waals surface area contributed by atoms with Crippen molar-refractivity contribution in [3.05, 3.63) is 99.9 Å². The van der Waals surface area contributed by atoms with Crippen molar-refractivity contribution in [3.8, 4) is 0 Å². The van der Waals surface area contributed by atoms with E-state index in [9.17, 15) is 0 Å². The monoisotopic (exact) mass is 612 g/mol. The largest absolute Gasteiger partial charge is 0.465 e. The van der Waals surface area contributed by atoms with Gasteiger partial charge in [-0.2, -0.15) is 0 Å². The van der Waals surface area contributed by atoms with Gasteiger partial charge in [0, 0.05) is 23.0 Å². The molecule has 3 rings (SSSR count). The highest BCUT2D eigenvalue weighted by atomic mass is 35.7. The normalized spacial score (nSPS) is 15.2. The number of benzene rings is 1. The van der Waals surface area contributed by atoms with E-state index in [0.29, 0.717) is 0 Å². The van der Waals surface area contributed by atoms with E-state index in [2.05, 4.69) is 151 Å². The Morgan fingerprint density at radius 2 is 1.07 bits per heavy atom. The first-order valence-electron chi connectivity index (χ1n) is 14.5. The highest BCUT2D eigenvalue weighted by Gasteiger charge is 2.34. The Morgan fingerprint density at radius 3 is 1.42 bits per heavy atom. The predicted octanol–water partition coefficient (Wildman–Crippen LogP) is 6.07. The Balaban J connectivity index is 0.00000119. The number of rotatable bonds is 3. The summed E-state index contributed by atoms with van der Waals surface area (Å²) in [6.07, 6.45) is 8.97. The summed E-state index contributed by atoms with van der Waals surface area (Å²) in [5.41, 5.74) is 5.49. The lowest BCUT2D eigenvalue weighted by Gasteiger charge is -2.32. The molecule has 2 heterocycles. The molecule has 236 valence electrons. The molecule has 1 aromatic carbocycles. The Morgan fingerprint density at radius 1 is 0.674 bits per heavy atom. The van der Waals surface area contributed by atoms with E-state index in [4.69, 9.17) is 27.8 Å². The zero-order chi connectivity index (χ0) is 33.2. The van der Waals surface area contributed by atoms with Crippen molar-refractivity contribution in [2.24, 2.45) is 10.8 Å². The molecule has 0 saturated carbocycles. The molecule has 1 aromatic heterocycles. The van der Waals surface area contributed by atoms with Crippen LogP contribution in [0.4, 0.5) is 0 Å². The number of aryl methyl sites for hydroxylation is 1. The lowest BCUT2D eigenvalue weighted by atomic mass is 9.86. The van der Waals surface area contributed by atoms with Crippen molar-refractivity contribution in [1.29, 1.82) is 0 Å². The molecule has 0 radical (unpaired) electrons. The molecule has 0 bridgehead atoms. The number of hydrogen-bond acceptors (Lipinski definition) is 5. The van der Waals surface area contributed by atoms with Crippen LogP contribution in [0.2, 0.25) is 0 Å². The van der Waals surface area contributed by atoms with Crippen LogP contribution in [0.5, 0.6) is 0 Å². The molecular weight excluding hydrogens is 564 g/mol. The lowest BCUT2D eigenvalue weighted by Crippen LogP contribution is -2.68. The first kappa shape index (κ1) is 36.5. The zero-order valence-corrected chi connectivity index (χ0v) is 28.9. The van der Waals surface area contributed by atoms with Crippen molar-refractivity contribution in [2.75, 3.05) is 0 Å². The summed E-state index contributed by atoms with van der Waals surface area (Å²) in [6, 6.07) is 13.2. The van der Waals surface area contributed by atoms with Crippen molar-refractivity contribution in [3.63, 3.8) is 0 Å². The molecule has 0 N–H and O–H groups in total. The molecule has 0 saturated heterocycles. The molecule has 0 aliphatic carbocycles. The minimum absolute atomic E-state index is 0.0955. The second kappa shape index (κ2) is 13.1. The highest BCUT2D eigenvalue weighted by molar-refractivity contribution is 5.88. The van der Waals surface area contributed by atoms with Crippen molar-refractivity contribution in [2.45, 2.75) is 101 Å². The minimum atomic E-state index is -4.94. The summed E-state index contributed by atoms with van der Waals surface area (Å²) in [4.78, 5) is 0. The van der Waals surface area contributed by atoms with Gasteiger partial charge in [0.1, 0.15) is 11.5 Å². The fraction of sp³-hybridized carbons (Fsp3) is 0.472. The Labute approximate surface area is 260 Å². The number of halogens is 1. The maximum atomic E-state index is 8.49.